The van der Waals surface area contributed by atoms with Crippen LogP contribution in [0, 0.1) is 5.92 Å². The summed E-state index contributed by atoms with van der Waals surface area (Å²) >= 11 is 8.24. The lowest BCUT2D eigenvalue weighted by atomic mass is 10.2. The van der Waals surface area contributed by atoms with Crippen LogP contribution in [0.15, 0.2) is 49.6 Å². The summed E-state index contributed by atoms with van der Waals surface area (Å²) in [5.41, 5.74) is 0. The Bertz CT molecular complexity index is 740. The SMILES string of the molecule is O=S(=O)(NC(c1cccs1)C1CC1)c1cc(Br)ccc1Br. The van der Waals surface area contributed by atoms with Gasteiger partial charge in [0.15, 0.2) is 0 Å². The van der Waals surface area contributed by atoms with Crippen LogP contribution in [0.1, 0.15) is 23.8 Å². The zero-order chi connectivity index (χ0) is 15.0. The van der Waals surface area contributed by atoms with Crippen molar-refractivity contribution in [2.75, 3.05) is 0 Å². The highest BCUT2D eigenvalue weighted by Crippen LogP contribution is 2.43. The fourth-order valence-electron chi connectivity index (χ4n) is 2.20. The Morgan fingerprint density at radius 1 is 1.24 bits per heavy atom. The largest absolute Gasteiger partial charge is 0.242 e. The number of benzene rings is 1. The molecule has 1 saturated carbocycles. The highest BCUT2D eigenvalue weighted by Gasteiger charge is 2.36. The predicted octanol–water partition coefficient (Wildman–Crippen LogP) is 4.70. The van der Waals surface area contributed by atoms with Gasteiger partial charge < -0.3 is 0 Å². The number of halogens is 2. The molecule has 1 aliphatic carbocycles. The topological polar surface area (TPSA) is 46.2 Å². The molecule has 1 aliphatic rings. The van der Waals surface area contributed by atoms with E-state index in [-0.39, 0.29) is 10.9 Å². The van der Waals surface area contributed by atoms with Gasteiger partial charge >= 0.3 is 0 Å². The smallest absolute Gasteiger partial charge is 0.207 e. The molecule has 112 valence electrons. The first-order valence-corrected chi connectivity index (χ1v) is 10.4. The Balaban J connectivity index is 1.93. The molecule has 0 saturated heterocycles. The monoisotopic (exact) mass is 449 g/mol. The van der Waals surface area contributed by atoms with Crippen molar-refractivity contribution in [1.29, 1.82) is 0 Å². The van der Waals surface area contributed by atoms with Gasteiger partial charge in [-0.1, -0.05) is 22.0 Å². The molecule has 21 heavy (non-hydrogen) atoms. The van der Waals surface area contributed by atoms with Crippen molar-refractivity contribution in [3.8, 4) is 0 Å². The Morgan fingerprint density at radius 2 is 2.00 bits per heavy atom. The number of rotatable bonds is 5. The first-order chi connectivity index (χ1) is 9.97. The van der Waals surface area contributed by atoms with Crippen LogP contribution >= 0.6 is 43.2 Å². The standard InChI is InChI=1S/C14H13Br2NO2S2/c15-10-5-6-11(16)13(8-10)21(18,19)17-14(9-3-4-9)12-2-1-7-20-12/h1-2,5-9,14,17H,3-4H2. The molecule has 0 spiro atoms. The highest BCUT2D eigenvalue weighted by molar-refractivity contribution is 9.11. The van der Waals surface area contributed by atoms with Gasteiger partial charge in [-0.05, 0) is 64.3 Å². The van der Waals surface area contributed by atoms with E-state index in [0.29, 0.717) is 10.4 Å². The molecule has 1 aromatic heterocycles. The van der Waals surface area contributed by atoms with Crippen LogP contribution in [0.25, 0.3) is 0 Å². The van der Waals surface area contributed by atoms with E-state index in [0.717, 1.165) is 22.2 Å². The molecular weight excluding hydrogens is 438 g/mol. The number of thiophene rings is 1. The molecule has 1 aromatic carbocycles. The van der Waals surface area contributed by atoms with Crippen molar-refractivity contribution in [2.45, 2.75) is 23.8 Å². The molecular formula is C14H13Br2NO2S2. The maximum absolute atomic E-state index is 12.7. The summed E-state index contributed by atoms with van der Waals surface area (Å²) in [6.45, 7) is 0. The Labute approximate surface area is 145 Å². The number of nitrogens with one attached hydrogen (secondary N) is 1. The summed E-state index contributed by atoms with van der Waals surface area (Å²) in [6, 6.07) is 8.98. The van der Waals surface area contributed by atoms with Crippen LogP contribution in [0.3, 0.4) is 0 Å². The van der Waals surface area contributed by atoms with Gasteiger partial charge in [0, 0.05) is 13.8 Å². The van der Waals surface area contributed by atoms with E-state index in [9.17, 15) is 8.42 Å². The molecule has 1 N–H and O–H groups in total. The maximum atomic E-state index is 12.7. The lowest BCUT2D eigenvalue weighted by Crippen LogP contribution is -2.29. The van der Waals surface area contributed by atoms with E-state index < -0.39 is 10.0 Å². The summed E-state index contributed by atoms with van der Waals surface area (Å²) in [5, 5.41) is 1.98. The van der Waals surface area contributed by atoms with Crippen molar-refractivity contribution in [3.05, 3.63) is 49.5 Å². The van der Waals surface area contributed by atoms with Crippen LogP contribution < -0.4 is 4.72 Å². The quantitative estimate of drug-likeness (QED) is 0.717. The zero-order valence-electron chi connectivity index (χ0n) is 10.9. The molecule has 0 aliphatic heterocycles. The van der Waals surface area contributed by atoms with E-state index in [1.807, 2.05) is 17.5 Å². The van der Waals surface area contributed by atoms with Crippen molar-refractivity contribution in [3.63, 3.8) is 0 Å². The summed E-state index contributed by atoms with van der Waals surface area (Å²) in [5.74, 6) is 0.407. The Morgan fingerprint density at radius 3 is 2.62 bits per heavy atom. The molecule has 2 aromatic rings. The van der Waals surface area contributed by atoms with Crippen LogP contribution in [0.2, 0.25) is 0 Å². The average Bonchev–Trinajstić information content (AvgIpc) is 3.13. The number of sulfonamides is 1. The van der Waals surface area contributed by atoms with Crippen molar-refractivity contribution in [1.82, 2.24) is 4.72 Å². The van der Waals surface area contributed by atoms with Gasteiger partial charge in [0.1, 0.15) is 0 Å². The van der Waals surface area contributed by atoms with Gasteiger partial charge in [-0.3, -0.25) is 0 Å². The third-order valence-electron chi connectivity index (χ3n) is 3.41. The Hall–Kier alpha value is -0.210. The molecule has 3 nitrogen and oxygen atoms in total. The van der Waals surface area contributed by atoms with Gasteiger partial charge in [0.25, 0.3) is 0 Å². The highest BCUT2D eigenvalue weighted by atomic mass is 79.9. The molecule has 0 amide bonds. The second kappa shape index (κ2) is 6.12. The lowest BCUT2D eigenvalue weighted by molar-refractivity contribution is 0.533. The molecule has 1 fully saturated rings. The normalized spacial score (nSPS) is 16.9. The van der Waals surface area contributed by atoms with Gasteiger partial charge in [0.2, 0.25) is 10.0 Å². The first kappa shape index (κ1) is 15.7. The average molecular weight is 451 g/mol. The van der Waals surface area contributed by atoms with Crippen molar-refractivity contribution >= 4 is 53.2 Å². The van der Waals surface area contributed by atoms with Crippen molar-refractivity contribution < 1.29 is 8.42 Å². The number of hydrogen-bond acceptors (Lipinski definition) is 3. The van der Waals surface area contributed by atoms with Crippen LogP contribution in [-0.4, -0.2) is 8.42 Å². The molecule has 7 heteroatoms. The van der Waals surface area contributed by atoms with Crippen LogP contribution in [-0.2, 0) is 10.0 Å². The summed E-state index contributed by atoms with van der Waals surface area (Å²) in [4.78, 5) is 1.34. The molecule has 1 unspecified atom stereocenters. The van der Waals surface area contributed by atoms with Crippen LogP contribution in [0.4, 0.5) is 0 Å². The van der Waals surface area contributed by atoms with Gasteiger partial charge in [-0.25, -0.2) is 13.1 Å². The summed E-state index contributed by atoms with van der Waals surface area (Å²) < 4.78 is 29.6. The van der Waals surface area contributed by atoms with E-state index in [1.165, 1.54) is 0 Å². The predicted molar refractivity (Wildman–Crippen MR) is 91.9 cm³/mol. The zero-order valence-corrected chi connectivity index (χ0v) is 15.7. The third kappa shape index (κ3) is 3.59. The molecule has 1 atom stereocenters. The lowest BCUT2D eigenvalue weighted by Gasteiger charge is -2.18. The minimum atomic E-state index is -3.56. The fraction of sp³-hybridized carbons (Fsp3) is 0.286. The van der Waals surface area contributed by atoms with E-state index in [2.05, 4.69) is 36.6 Å². The van der Waals surface area contributed by atoms with Gasteiger partial charge in [0.05, 0.1) is 10.9 Å². The molecule has 3 rings (SSSR count). The second-order valence-electron chi connectivity index (χ2n) is 5.03. The van der Waals surface area contributed by atoms with E-state index >= 15 is 0 Å². The van der Waals surface area contributed by atoms with Gasteiger partial charge in [-0.15, -0.1) is 11.3 Å². The minimum Gasteiger partial charge on any atom is -0.207 e. The van der Waals surface area contributed by atoms with E-state index in [4.69, 9.17) is 0 Å². The van der Waals surface area contributed by atoms with Gasteiger partial charge in [-0.2, -0.15) is 0 Å². The molecule has 0 bridgehead atoms. The fourth-order valence-corrected chi connectivity index (χ4v) is 5.93. The summed E-state index contributed by atoms with van der Waals surface area (Å²) in [6.07, 6.45) is 2.15. The maximum Gasteiger partial charge on any atom is 0.242 e. The number of hydrogen-bond donors (Lipinski definition) is 1. The van der Waals surface area contributed by atoms with E-state index in [1.54, 1.807) is 29.5 Å². The molecule has 1 heterocycles. The third-order valence-corrected chi connectivity index (χ3v) is 7.29. The van der Waals surface area contributed by atoms with Crippen molar-refractivity contribution in [2.24, 2.45) is 5.92 Å². The second-order valence-corrected chi connectivity index (χ2v) is 9.46. The van der Waals surface area contributed by atoms with Crippen LogP contribution in [0.5, 0.6) is 0 Å². The summed E-state index contributed by atoms with van der Waals surface area (Å²) in [7, 11) is -3.56. The minimum absolute atomic E-state index is 0.124. The Kier molecular flexibility index (Phi) is 4.57. The first-order valence-electron chi connectivity index (χ1n) is 6.48. The molecule has 0 radical (unpaired) electrons.